The summed E-state index contributed by atoms with van der Waals surface area (Å²) in [6.07, 6.45) is 1.92. The Kier molecular flexibility index (Phi) is 3.59. The Balaban J connectivity index is 2.30. The van der Waals surface area contributed by atoms with Crippen LogP contribution in [0.2, 0.25) is 0 Å². The molecule has 0 spiro atoms. The van der Waals surface area contributed by atoms with Gasteiger partial charge in [-0.25, -0.2) is 0 Å². The molecule has 3 heteroatoms. The van der Waals surface area contributed by atoms with E-state index in [1.54, 1.807) is 0 Å². The summed E-state index contributed by atoms with van der Waals surface area (Å²) in [6.45, 7) is 4.04. The lowest BCUT2D eigenvalue weighted by Crippen LogP contribution is -2.27. The molecule has 1 aliphatic rings. The first-order chi connectivity index (χ1) is 7.80. The van der Waals surface area contributed by atoms with Crippen LogP contribution in [0.25, 0.3) is 0 Å². The first-order valence-electron chi connectivity index (χ1n) is 5.88. The maximum Gasteiger partial charge on any atom is 0.194 e. The molecule has 0 bridgehead atoms. The van der Waals surface area contributed by atoms with Gasteiger partial charge in [-0.3, -0.25) is 0 Å². The molecule has 0 radical (unpaired) electrons. The highest BCUT2D eigenvalue weighted by Gasteiger charge is 2.37. The minimum absolute atomic E-state index is 0.528. The van der Waals surface area contributed by atoms with Crippen molar-refractivity contribution in [3.63, 3.8) is 0 Å². The van der Waals surface area contributed by atoms with Gasteiger partial charge in [-0.2, -0.15) is 0 Å². The smallest absolute Gasteiger partial charge is 0.194 e. The van der Waals surface area contributed by atoms with Crippen LogP contribution in [0.1, 0.15) is 30.9 Å². The maximum absolute atomic E-state index is 5.80. The summed E-state index contributed by atoms with van der Waals surface area (Å²) in [5.74, 6) is -0.528. The SMILES string of the molecule is CCCC1(c2cccc(CN)c2)OCCO1. The molecular weight excluding hydrogens is 202 g/mol. The van der Waals surface area contributed by atoms with Gasteiger partial charge in [0.05, 0.1) is 13.2 Å². The van der Waals surface area contributed by atoms with Crippen molar-refractivity contribution in [2.24, 2.45) is 5.73 Å². The van der Waals surface area contributed by atoms with Crippen LogP contribution in [0, 0.1) is 0 Å². The molecule has 88 valence electrons. The van der Waals surface area contributed by atoms with Gasteiger partial charge in [0.2, 0.25) is 0 Å². The molecule has 2 N–H and O–H groups in total. The zero-order valence-corrected chi connectivity index (χ0v) is 9.74. The highest BCUT2D eigenvalue weighted by Crippen LogP contribution is 2.36. The van der Waals surface area contributed by atoms with E-state index in [9.17, 15) is 0 Å². The summed E-state index contributed by atoms with van der Waals surface area (Å²) in [4.78, 5) is 0. The van der Waals surface area contributed by atoms with Gasteiger partial charge in [-0.15, -0.1) is 0 Å². The Morgan fingerprint density at radius 1 is 1.31 bits per heavy atom. The summed E-state index contributed by atoms with van der Waals surface area (Å²) in [7, 11) is 0. The van der Waals surface area contributed by atoms with Crippen LogP contribution in [0.5, 0.6) is 0 Å². The van der Waals surface area contributed by atoms with Gasteiger partial charge in [0.15, 0.2) is 5.79 Å². The first kappa shape index (κ1) is 11.6. The highest BCUT2D eigenvalue weighted by atomic mass is 16.7. The maximum atomic E-state index is 5.80. The second-order valence-corrected chi connectivity index (χ2v) is 4.10. The molecule has 0 saturated carbocycles. The largest absolute Gasteiger partial charge is 0.343 e. The Labute approximate surface area is 96.5 Å². The van der Waals surface area contributed by atoms with Gasteiger partial charge in [0, 0.05) is 18.5 Å². The van der Waals surface area contributed by atoms with Gasteiger partial charge < -0.3 is 15.2 Å². The second kappa shape index (κ2) is 4.95. The molecule has 0 unspecified atom stereocenters. The van der Waals surface area contributed by atoms with Crippen LogP contribution in [0.3, 0.4) is 0 Å². The van der Waals surface area contributed by atoms with Crippen molar-refractivity contribution < 1.29 is 9.47 Å². The molecule has 2 rings (SSSR count). The standard InChI is InChI=1S/C13H19NO2/c1-2-6-13(15-7-8-16-13)12-5-3-4-11(9-12)10-14/h3-5,9H,2,6-8,10,14H2,1H3. The molecule has 3 nitrogen and oxygen atoms in total. The van der Waals surface area contributed by atoms with E-state index >= 15 is 0 Å². The molecule has 1 aromatic rings. The number of hydrogen-bond donors (Lipinski definition) is 1. The van der Waals surface area contributed by atoms with Gasteiger partial charge in [-0.1, -0.05) is 31.5 Å². The van der Waals surface area contributed by atoms with Crippen LogP contribution < -0.4 is 5.73 Å². The zero-order valence-electron chi connectivity index (χ0n) is 9.74. The third-order valence-electron chi connectivity index (χ3n) is 2.94. The lowest BCUT2D eigenvalue weighted by Gasteiger charge is -2.27. The monoisotopic (exact) mass is 221 g/mol. The quantitative estimate of drug-likeness (QED) is 0.847. The Hall–Kier alpha value is -0.900. The van der Waals surface area contributed by atoms with Crippen molar-refractivity contribution in [3.8, 4) is 0 Å². The summed E-state index contributed by atoms with van der Waals surface area (Å²) in [5.41, 5.74) is 7.86. The minimum Gasteiger partial charge on any atom is -0.343 e. The molecule has 0 amide bonds. The predicted molar refractivity (Wildman–Crippen MR) is 62.8 cm³/mol. The van der Waals surface area contributed by atoms with Gasteiger partial charge in [0.1, 0.15) is 0 Å². The molecule has 1 heterocycles. The third kappa shape index (κ3) is 2.12. The summed E-state index contributed by atoms with van der Waals surface area (Å²) >= 11 is 0. The van der Waals surface area contributed by atoms with E-state index in [0.29, 0.717) is 19.8 Å². The van der Waals surface area contributed by atoms with E-state index in [2.05, 4.69) is 19.1 Å². The minimum atomic E-state index is -0.528. The van der Waals surface area contributed by atoms with Crippen LogP contribution in [-0.2, 0) is 21.8 Å². The lowest BCUT2D eigenvalue weighted by atomic mass is 9.99. The lowest BCUT2D eigenvalue weighted by molar-refractivity contribution is -0.171. The fourth-order valence-corrected chi connectivity index (χ4v) is 2.17. The highest BCUT2D eigenvalue weighted by molar-refractivity contribution is 5.27. The molecule has 16 heavy (non-hydrogen) atoms. The topological polar surface area (TPSA) is 44.5 Å². The van der Waals surface area contributed by atoms with Crippen LogP contribution in [0.15, 0.2) is 24.3 Å². The average Bonchev–Trinajstić information content (AvgIpc) is 2.80. The van der Waals surface area contributed by atoms with Crippen LogP contribution >= 0.6 is 0 Å². The predicted octanol–water partition coefficient (Wildman–Crippen LogP) is 2.15. The number of benzene rings is 1. The molecule has 0 aliphatic carbocycles. The number of ether oxygens (including phenoxy) is 2. The van der Waals surface area contributed by atoms with Crippen molar-refractivity contribution in [1.29, 1.82) is 0 Å². The molecule has 1 aliphatic heterocycles. The van der Waals surface area contributed by atoms with Crippen molar-refractivity contribution in [1.82, 2.24) is 0 Å². The number of hydrogen-bond acceptors (Lipinski definition) is 3. The van der Waals surface area contributed by atoms with E-state index in [4.69, 9.17) is 15.2 Å². The van der Waals surface area contributed by atoms with E-state index in [0.717, 1.165) is 24.0 Å². The van der Waals surface area contributed by atoms with E-state index in [-0.39, 0.29) is 0 Å². The molecule has 1 saturated heterocycles. The first-order valence-corrected chi connectivity index (χ1v) is 5.88. The van der Waals surface area contributed by atoms with E-state index in [1.807, 2.05) is 12.1 Å². The van der Waals surface area contributed by atoms with E-state index in [1.165, 1.54) is 0 Å². The fourth-order valence-electron chi connectivity index (χ4n) is 2.17. The Morgan fingerprint density at radius 2 is 2.06 bits per heavy atom. The van der Waals surface area contributed by atoms with Gasteiger partial charge in [0.25, 0.3) is 0 Å². The normalized spacial score (nSPS) is 18.9. The average molecular weight is 221 g/mol. The number of nitrogens with two attached hydrogens (primary N) is 1. The molecular formula is C13H19NO2. The molecule has 1 fully saturated rings. The molecule has 1 aromatic carbocycles. The van der Waals surface area contributed by atoms with Crippen molar-refractivity contribution in [2.45, 2.75) is 32.1 Å². The summed E-state index contributed by atoms with van der Waals surface area (Å²) < 4.78 is 11.6. The Morgan fingerprint density at radius 3 is 2.69 bits per heavy atom. The summed E-state index contributed by atoms with van der Waals surface area (Å²) in [6, 6.07) is 8.18. The van der Waals surface area contributed by atoms with Gasteiger partial charge in [-0.05, 0) is 11.6 Å². The van der Waals surface area contributed by atoms with Crippen LogP contribution in [0.4, 0.5) is 0 Å². The van der Waals surface area contributed by atoms with E-state index < -0.39 is 5.79 Å². The Bertz CT molecular complexity index is 346. The summed E-state index contributed by atoms with van der Waals surface area (Å²) in [5, 5.41) is 0. The van der Waals surface area contributed by atoms with Crippen LogP contribution in [-0.4, -0.2) is 13.2 Å². The van der Waals surface area contributed by atoms with Crippen molar-refractivity contribution >= 4 is 0 Å². The fraction of sp³-hybridized carbons (Fsp3) is 0.538. The van der Waals surface area contributed by atoms with Crippen molar-refractivity contribution in [3.05, 3.63) is 35.4 Å². The second-order valence-electron chi connectivity index (χ2n) is 4.10. The molecule has 0 atom stereocenters. The number of rotatable bonds is 4. The third-order valence-corrected chi connectivity index (χ3v) is 2.94. The zero-order chi connectivity index (χ0) is 11.4. The van der Waals surface area contributed by atoms with Crippen molar-refractivity contribution in [2.75, 3.05) is 13.2 Å². The molecule has 0 aromatic heterocycles. The van der Waals surface area contributed by atoms with Gasteiger partial charge >= 0.3 is 0 Å².